The van der Waals surface area contributed by atoms with Gasteiger partial charge in [0.05, 0.1) is 30.6 Å². The minimum atomic E-state index is -1.70. The van der Waals surface area contributed by atoms with Gasteiger partial charge in [-0.25, -0.2) is 17.9 Å². The molecule has 0 bridgehead atoms. The first kappa shape index (κ1) is 23.6. The van der Waals surface area contributed by atoms with E-state index in [2.05, 4.69) is 15.7 Å². The molecule has 35 heavy (non-hydrogen) atoms. The zero-order valence-corrected chi connectivity index (χ0v) is 18.4. The van der Waals surface area contributed by atoms with Crippen LogP contribution < -0.4 is 15.4 Å². The predicted molar refractivity (Wildman–Crippen MR) is 123 cm³/mol. The molecule has 1 aromatic heterocycles. The molecule has 0 aliphatic rings. The molecule has 0 unspecified atom stereocenters. The molecule has 2 amide bonds. The summed E-state index contributed by atoms with van der Waals surface area (Å²) >= 11 is 0. The third-order valence-electron chi connectivity index (χ3n) is 5.06. The summed E-state index contributed by atoms with van der Waals surface area (Å²) in [5.74, 6) is -5.43. The van der Waals surface area contributed by atoms with E-state index in [-0.39, 0.29) is 5.56 Å². The van der Waals surface area contributed by atoms with Gasteiger partial charge < -0.3 is 15.4 Å². The summed E-state index contributed by atoms with van der Waals surface area (Å²) in [6, 6.07) is 17.6. The summed E-state index contributed by atoms with van der Waals surface area (Å²) in [5.41, 5.74) is 1.36. The van der Waals surface area contributed by atoms with Crippen LogP contribution in [0.15, 0.2) is 72.9 Å². The third kappa shape index (κ3) is 5.16. The Labute approximate surface area is 198 Å². The highest BCUT2D eigenvalue weighted by Gasteiger charge is 2.20. The Hall–Kier alpha value is -4.60. The lowest BCUT2D eigenvalue weighted by atomic mass is 10.1. The number of nitrogens with one attached hydrogen (secondary N) is 2. The van der Waals surface area contributed by atoms with Crippen LogP contribution in [0.2, 0.25) is 0 Å². The largest absolute Gasteiger partial charge is 0.497 e. The van der Waals surface area contributed by atoms with Crippen molar-refractivity contribution in [3.63, 3.8) is 0 Å². The van der Waals surface area contributed by atoms with Crippen molar-refractivity contribution in [2.45, 2.75) is 0 Å². The Kier molecular flexibility index (Phi) is 6.81. The van der Waals surface area contributed by atoms with Gasteiger partial charge in [0.15, 0.2) is 17.5 Å². The SMILES string of the molecule is COc1ccc(-c2nn(-c3ccccc3)cc2C(=O)NCC(=O)Nc2ccc(F)c(F)c2F)cc1. The van der Waals surface area contributed by atoms with E-state index in [0.717, 1.165) is 6.07 Å². The van der Waals surface area contributed by atoms with Crippen molar-refractivity contribution in [3.05, 3.63) is 95.9 Å². The van der Waals surface area contributed by atoms with E-state index < -0.39 is 41.5 Å². The number of hydrogen-bond donors (Lipinski definition) is 2. The number of hydrogen-bond acceptors (Lipinski definition) is 4. The molecule has 0 atom stereocenters. The van der Waals surface area contributed by atoms with Crippen molar-refractivity contribution in [1.82, 2.24) is 15.1 Å². The van der Waals surface area contributed by atoms with Crippen LogP contribution in [0.1, 0.15) is 10.4 Å². The van der Waals surface area contributed by atoms with Gasteiger partial charge in [-0.15, -0.1) is 0 Å². The van der Waals surface area contributed by atoms with E-state index in [9.17, 15) is 22.8 Å². The van der Waals surface area contributed by atoms with Crippen molar-refractivity contribution in [1.29, 1.82) is 0 Å². The number of nitrogens with zero attached hydrogens (tertiary/aromatic N) is 2. The fourth-order valence-corrected chi connectivity index (χ4v) is 3.29. The van der Waals surface area contributed by atoms with Crippen LogP contribution in [0.3, 0.4) is 0 Å². The number of carbonyl (C=O) groups is 2. The van der Waals surface area contributed by atoms with Gasteiger partial charge in [-0.3, -0.25) is 9.59 Å². The number of ether oxygens (including phenoxy) is 1. The highest BCUT2D eigenvalue weighted by Crippen LogP contribution is 2.26. The van der Waals surface area contributed by atoms with E-state index in [1.165, 1.54) is 18.0 Å². The van der Waals surface area contributed by atoms with Crippen molar-refractivity contribution >= 4 is 17.5 Å². The van der Waals surface area contributed by atoms with Crippen LogP contribution in [0, 0.1) is 17.5 Å². The third-order valence-corrected chi connectivity index (χ3v) is 5.06. The maximum atomic E-state index is 13.8. The maximum absolute atomic E-state index is 13.8. The summed E-state index contributed by atoms with van der Waals surface area (Å²) in [6.45, 7) is -0.546. The molecule has 0 spiro atoms. The van der Waals surface area contributed by atoms with Crippen molar-refractivity contribution in [2.75, 3.05) is 19.0 Å². The number of halogens is 3. The fraction of sp³-hybridized carbons (Fsp3) is 0.0800. The van der Waals surface area contributed by atoms with Crippen molar-refractivity contribution in [2.24, 2.45) is 0 Å². The minimum absolute atomic E-state index is 0.186. The molecule has 0 radical (unpaired) electrons. The van der Waals surface area contributed by atoms with Crippen molar-refractivity contribution < 1.29 is 27.5 Å². The molecule has 4 rings (SSSR count). The van der Waals surface area contributed by atoms with Crippen LogP contribution in [-0.2, 0) is 4.79 Å². The van der Waals surface area contributed by atoms with Crippen LogP contribution in [0.5, 0.6) is 5.75 Å². The lowest BCUT2D eigenvalue weighted by Crippen LogP contribution is -2.33. The second-order valence-corrected chi connectivity index (χ2v) is 7.35. The highest BCUT2D eigenvalue weighted by atomic mass is 19.2. The topological polar surface area (TPSA) is 85.2 Å². The molecule has 7 nitrogen and oxygen atoms in total. The molecule has 2 N–H and O–H groups in total. The summed E-state index contributed by atoms with van der Waals surface area (Å²) in [5, 5.41) is 9.09. The van der Waals surface area contributed by atoms with Gasteiger partial charge in [0, 0.05) is 11.8 Å². The van der Waals surface area contributed by atoms with Crippen LogP contribution in [-0.4, -0.2) is 35.2 Å². The number of amides is 2. The molecular formula is C25H19F3N4O3. The molecule has 4 aromatic rings. The number of carbonyl (C=O) groups excluding carboxylic acids is 2. The van der Waals surface area contributed by atoms with Gasteiger partial charge >= 0.3 is 0 Å². The molecule has 0 aliphatic heterocycles. The van der Waals surface area contributed by atoms with Gasteiger partial charge in [-0.2, -0.15) is 5.10 Å². The standard InChI is InChI=1S/C25H19F3N4O3/c1-35-17-9-7-15(8-10-17)24-18(14-32(31-24)16-5-3-2-4-6-16)25(34)29-13-21(33)30-20-12-11-19(26)22(27)23(20)28/h2-12,14H,13H2,1H3,(H,29,34)(H,30,33). The van der Waals surface area contributed by atoms with E-state index in [1.807, 2.05) is 30.3 Å². The number of aromatic nitrogens is 2. The molecule has 0 aliphatic carbocycles. The van der Waals surface area contributed by atoms with Crippen LogP contribution >= 0.6 is 0 Å². The molecule has 1 heterocycles. The lowest BCUT2D eigenvalue weighted by Gasteiger charge is -2.09. The summed E-state index contributed by atoms with van der Waals surface area (Å²) in [4.78, 5) is 25.2. The zero-order valence-electron chi connectivity index (χ0n) is 18.4. The minimum Gasteiger partial charge on any atom is -0.497 e. The van der Waals surface area contributed by atoms with E-state index in [0.29, 0.717) is 28.8 Å². The van der Waals surface area contributed by atoms with Gasteiger partial charge in [-0.05, 0) is 48.5 Å². The smallest absolute Gasteiger partial charge is 0.255 e. The number of methoxy groups -OCH3 is 1. The molecule has 178 valence electrons. The monoisotopic (exact) mass is 480 g/mol. The first-order valence-electron chi connectivity index (χ1n) is 10.4. The molecule has 0 saturated heterocycles. The average Bonchev–Trinajstić information content (AvgIpc) is 3.34. The molecule has 0 saturated carbocycles. The average molecular weight is 480 g/mol. The first-order valence-corrected chi connectivity index (χ1v) is 10.4. The summed E-state index contributed by atoms with van der Waals surface area (Å²) < 4.78 is 47.0. The Bertz CT molecular complexity index is 1370. The molecule has 10 heteroatoms. The van der Waals surface area contributed by atoms with Gasteiger partial charge in [0.1, 0.15) is 11.4 Å². The number of para-hydroxylation sites is 1. The normalized spacial score (nSPS) is 10.6. The number of benzene rings is 3. The van der Waals surface area contributed by atoms with Gasteiger partial charge in [0.25, 0.3) is 5.91 Å². The Morgan fingerprint density at radius 2 is 1.66 bits per heavy atom. The Morgan fingerprint density at radius 3 is 2.34 bits per heavy atom. The molecular weight excluding hydrogens is 461 g/mol. The van der Waals surface area contributed by atoms with Gasteiger partial charge in [-0.1, -0.05) is 18.2 Å². The second-order valence-electron chi connectivity index (χ2n) is 7.35. The highest BCUT2D eigenvalue weighted by molar-refractivity contribution is 6.02. The van der Waals surface area contributed by atoms with E-state index >= 15 is 0 Å². The van der Waals surface area contributed by atoms with Crippen LogP contribution in [0.4, 0.5) is 18.9 Å². The predicted octanol–water partition coefficient (Wildman–Crippen LogP) is 4.33. The zero-order chi connectivity index (χ0) is 24.9. The summed E-state index contributed by atoms with van der Waals surface area (Å²) in [7, 11) is 1.54. The second kappa shape index (κ2) is 10.1. The fourth-order valence-electron chi connectivity index (χ4n) is 3.29. The van der Waals surface area contributed by atoms with Crippen molar-refractivity contribution in [3.8, 4) is 22.7 Å². The Balaban J connectivity index is 1.55. The van der Waals surface area contributed by atoms with E-state index in [1.54, 1.807) is 24.3 Å². The Morgan fingerprint density at radius 1 is 0.943 bits per heavy atom. The molecule has 0 fully saturated rings. The maximum Gasteiger partial charge on any atom is 0.255 e. The lowest BCUT2D eigenvalue weighted by molar-refractivity contribution is -0.115. The molecule has 3 aromatic carbocycles. The quantitative estimate of drug-likeness (QED) is 0.386. The van der Waals surface area contributed by atoms with Crippen LogP contribution in [0.25, 0.3) is 16.9 Å². The number of anilines is 1. The van der Waals surface area contributed by atoms with Gasteiger partial charge in [0.2, 0.25) is 5.91 Å². The van der Waals surface area contributed by atoms with E-state index in [4.69, 9.17) is 4.74 Å². The first-order chi connectivity index (χ1) is 16.9. The number of rotatable bonds is 7. The summed E-state index contributed by atoms with van der Waals surface area (Å²) in [6.07, 6.45) is 1.52.